The van der Waals surface area contributed by atoms with E-state index in [2.05, 4.69) is 10.3 Å². The van der Waals surface area contributed by atoms with Gasteiger partial charge in [-0.3, -0.25) is 0 Å². The van der Waals surface area contributed by atoms with E-state index < -0.39 is 9.84 Å². The first kappa shape index (κ1) is 18.2. The van der Waals surface area contributed by atoms with Crippen molar-refractivity contribution in [2.24, 2.45) is 0 Å². The fourth-order valence-corrected chi connectivity index (χ4v) is 4.70. The number of hydrogen-bond acceptors (Lipinski definition) is 5. The van der Waals surface area contributed by atoms with Gasteiger partial charge in [0.25, 0.3) is 0 Å². The second kappa shape index (κ2) is 7.33. The summed E-state index contributed by atoms with van der Waals surface area (Å²) in [4.78, 5) is 4.63. The molecule has 0 bridgehead atoms. The van der Waals surface area contributed by atoms with Gasteiger partial charge in [0.1, 0.15) is 0 Å². The Morgan fingerprint density at radius 3 is 2.52 bits per heavy atom. The van der Waals surface area contributed by atoms with Crippen LogP contribution in [0.5, 0.6) is 0 Å². The Morgan fingerprint density at radius 1 is 1.12 bits per heavy atom. The lowest BCUT2D eigenvalue weighted by Crippen LogP contribution is -2.05. The lowest BCUT2D eigenvalue weighted by molar-refractivity contribution is 0.595. The van der Waals surface area contributed by atoms with Crippen LogP contribution in [-0.4, -0.2) is 13.4 Å². The van der Waals surface area contributed by atoms with Crippen molar-refractivity contribution in [3.63, 3.8) is 0 Å². The number of nitrogens with one attached hydrogen (secondary N) is 1. The van der Waals surface area contributed by atoms with Crippen molar-refractivity contribution in [3.05, 3.63) is 69.1 Å². The number of hydrogen-bond donors (Lipinski definition) is 1. The molecule has 130 valence electrons. The fourth-order valence-electron chi connectivity index (χ4n) is 2.16. The van der Waals surface area contributed by atoms with E-state index in [-0.39, 0.29) is 5.75 Å². The number of halogens is 2. The number of sulfone groups is 1. The predicted molar refractivity (Wildman–Crippen MR) is 104 cm³/mol. The van der Waals surface area contributed by atoms with Crippen molar-refractivity contribution in [1.82, 2.24) is 4.98 Å². The largest absolute Gasteiger partial charge is 0.330 e. The summed E-state index contributed by atoms with van der Waals surface area (Å²) >= 11 is 13.3. The zero-order valence-corrected chi connectivity index (χ0v) is 16.3. The topological polar surface area (TPSA) is 59.1 Å². The number of rotatable bonds is 5. The van der Waals surface area contributed by atoms with Gasteiger partial charge in [-0.05, 0) is 37.3 Å². The van der Waals surface area contributed by atoms with E-state index in [1.807, 2.05) is 6.92 Å². The van der Waals surface area contributed by atoms with Crippen LogP contribution in [0.25, 0.3) is 0 Å². The van der Waals surface area contributed by atoms with Gasteiger partial charge < -0.3 is 5.32 Å². The molecule has 0 radical (unpaired) electrons. The van der Waals surface area contributed by atoms with Gasteiger partial charge in [0.2, 0.25) is 0 Å². The zero-order chi connectivity index (χ0) is 18.0. The minimum Gasteiger partial charge on any atom is -0.330 e. The molecule has 25 heavy (non-hydrogen) atoms. The highest BCUT2D eigenvalue weighted by Gasteiger charge is 2.17. The third kappa shape index (κ3) is 4.52. The third-order valence-electron chi connectivity index (χ3n) is 3.44. The third-order valence-corrected chi connectivity index (χ3v) is 6.46. The first-order valence-electron chi connectivity index (χ1n) is 7.29. The Labute approximate surface area is 160 Å². The number of benzene rings is 2. The number of anilines is 2. The number of thiazole rings is 1. The van der Waals surface area contributed by atoms with E-state index in [1.165, 1.54) is 11.3 Å². The molecule has 8 heteroatoms. The molecular weight excluding hydrogens is 399 g/mol. The Hall–Kier alpha value is -1.60. The lowest BCUT2D eigenvalue weighted by atomic mass is 10.2. The standard InChI is InChI=1S/C17H14Cl2N2O2S2/c1-11-2-5-14(6-3-11)25(22,23)10-13-9-24-17(20-13)21-16-7-4-12(18)8-15(16)19/h2-9H,10H2,1H3,(H,20,21). The minimum absolute atomic E-state index is 0.150. The molecule has 1 N–H and O–H groups in total. The fraction of sp³-hybridized carbons (Fsp3) is 0.118. The van der Waals surface area contributed by atoms with Crippen LogP contribution < -0.4 is 5.32 Å². The Bertz CT molecular complexity index is 1000. The molecule has 0 spiro atoms. The maximum absolute atomic E-state index is 12.5. The van der Waals surface area contributed by atoms with Gasteiger partial charge >= 0.3 is 0 Å². The van der Waals surface area contributed by atoms with Crippen molar-refractivity contribution in [3.8, 4) is 0 Å². The minimum atomic E-state index is -3.43. The van der Waals surface area contributed by atoms with E-state index in [9.17, 15) is 8.42 Å². The molecular formula is C17H14Cl2N2O2S2. The Balaban J connectivity index is 1.76. The predicted octanol–water partition coefficient (Wildman–Crippen LogP) is 5.48. The van der Waals surface area contributed by atoms with E-state index in [0.29, 0.717) is 31.5 Å². The summed E-state index contributed by atoms with van der Waals surface area (Å²) < 4.78 is 25.0. The highest BCUT2D eigenvalue weighted by atomic mass is 35.5. The van der Waals surface area contributed by atoms with Gasteiger partial charge in [0.05, 0.1) is 27.1 Å². The van der Waals surface area contributed by atoms with E-state index in [0.717, 1.165) is 5.56 Å². The molecule has 0 amide bonds. The van der Waals surface area contributed by atoms with Crippen LogP contribution in [0.1, 0.15) is 11.3 Å². The second-order valence-corrected chi connectivity index (χ2v) is 9.16. The molecule has 0 atom stereocenters. The SMILES string of the molecule is Cc1ccc(S(=O)(=O)Cc2csc(Nc3ccc(Cl)cc3Cl)n2)cc1. The zero-order valence-electron chi connectivity index (χ0n) is 13.2. The van der Waals surface area contributed by atoms with Gasteiger partial charge in [0, 0.05) is 10.4 Å². The highest BCUT2D eigenvalue weighted by Crippen LogP contribution is 2.30. The average molecular weight is 413 g/mol. The van der Waals surface area contributed by atoms with Crippen LogP contribution in [-0.2, 0) is 15.6 Å². The van der Waals surface area contributed by atoms with Crippen LogP contribution in [0.2, 0.25) is 10.0 Å². The quantitative estimate of drug-likeness (QED) is 0.602. The summed E-state index contributed by atoms with van der Waals surface area (Å²) in [5.74, 6) is -0.150. The molecule has 1 aromatic heterocycles. The molecule has 0 unspecified atom stereocenters. The van der Waals surface area contributed by atoms with Crippen molar-refractivity contribution in [2.45, 2.75) is 17.6 Å². The van der Waals surface area contributed by atoms with E-state index >= 15 is 0 Å². The van der Waals surface area contributed by atoms with Crippen molar-refractivity contribution in [2.75, 3.05) is 5.32 Å². The van der Waals surface area contributed by atoms with Crippen molar-refractivity contribution >= 4 is 55.2 Å². The Kier molecular flexibility index (Phi) is 5.34. The molecule has 0 saturated carbocycles. The van der Waals surface area contributed by atoms with Crippen LogP contribution in [0.3, 0.4) is 0 Å². The summed E-state index contributed by atoms with van der Waals surface area (Å²) in [5.41, 5.74) is 2.16. The van der Waals surface area contributed by atoms with Crippen LogP contribution in [0.15, 0.2) is 52.7 Å². The summed E-state index contributed by atoms with van der Waals surface area (Å²) in [6, 6.07) is 11.9. The molecule has 4 nitrogen and oxygen atoms in total. The van der Waals surface area contributed by atoms with Crippen LogP contribution in [0, 0.1) is 6.92 Å². The highest BCUT2D eigenvalue weighted by molar-refractivity contribution is 7.90. The number of aryl methyl sites for hydroxylation is 1. The normalized spacial score (nSPS) is 11.5. The molecule has 1 heterocycles. The van der Waals surface area contributed by atoms with E-state index in [4.69, 9.17) is 23.2 Å². The van der Waals surface area contributed by atoms with Gasteiger partial charge in [-0.25, -0.2) is 13.4 Å². The van der Waals surface area contributed by atoms with Crippen molar-refractivity contribution in [1.29, 1.82) is 0 Å². The molecule has 0 aliphatic heterocycles. The van der Waals surface area contributed by atoms with Crippen LogP contribution in [0.4, 0.5) is 10.8 Å². The lowest BCUT2D eigenvalue weighted by Gasteiger charge is -2.05. The number of aromatic nitrogens is 1. The van der Waals surface area contributed by atoms with Crippen LogP contribution >= 0.6 is 34.5 Å². The summed E-state index contributed by atoms with van der Waals surface area (Å²) in [5, 5.41) is 6.37. The molecule has 0 aliphatic rings. The van der Waals surface area contributed by atoms with Gasteiger partial charge in [-0.2, -0.15) is 0 Å². The molecule has 3 rings (SSSR count). The number of nitrogens with zero attached hydrogens (tertiary/aromatic N) is 1. The summed E-state index contributed by atoms with van der Waals surface area (Å²) in [6.45, 7) is 1.91. The smallest absolute Gasteiger partial charge is 0.187 e. The molecule has 3 aromatic rings. The molecule has 2 aromatic carbocycles. The first-order chi connectivity index (χ1) is 11.8. The van der Waals surface area contributed by atoms with E-state index in [1.54, 1.807) is 47.8 Å². The summed E-state index contributed by atoms with van der Waals surface area (Å²) in [7, 11) is -3.43. The maximum Gasteiger partial charge on any atom is 0.187 e. The second-order valence-electron chi connectivity index (χ2n) is 5.47. The van der Waals surface area contributed by atoms with Gasteiger partial charge in [-0.15, -0.1) is 11.3 Å². The average Bonchev–Trinajstić information content (AvgIpc) is 2.97. The Morgan fingerprint density at radius 2 is 1.84 bits per heavy atom. The molecule has 0 fully saturated rings. The summed E-state index contributed by atoms with van der Waals surface area (Å²) in [6.07, 6.45) is 0. The maximum atomic E-state index is 12.5. The van der Waals surface area contributed by atoms with Crippen molar-refractivity contribution < 1.29 is 8.42 Å². The molecule has 0 saturated heterocycles. The monoisotopic (exact) mass is 412 g/mol. The first-order valence-corrected chi connectivity index (χ1v) is 10.6. The molecule has 0 aliphatic carbocycles. The van der Waals surface area contributed by atoms with Gasteiger partial charge in [0.15, 0.2) is 15.0 Å². The van der Waals surface area contributed by atoms with Gasteiger partial charge in [-0.1, -0.05) is 40.9 Å².